The lowest BCUT2D eigenvalue weighted by atomic mass is 9.91. The first-order chi connectivity index (χ1) is 10.2. The van der Waals surface area contributed by atoms with E-state index < -0.39 is 5.54 Å². The van der Waals surface area contributed by atoms with Gasteiger partial charge in [-0.1, -0.05) is 0 Å². The second kappa shape index (κ2) is 5.21. The summed E-state index contributed by atoms with van der Waals surface area (Å²) in [6, 6.07) is 0.516. The van der Waals surface area contributed by atoms with Crippen molar-refractivity contribution in [3.8, 4) is 0 Å². The van der Waals surface area contributed by atoms with Gasteiger partial charge in [-0.3, -0.25) is 10.2 Å². The zero-order valence-corrected chi connectivity index (χ0v) is 12.8. The van der Waals surface area contributed by atoms with Gasteiger partial charge in [0.15, 0.2) is 0 Å². The SMILES string of the molecule is COC(=O)C(CN1CC2CCC(C1)O2)(NC1CC1)C1CC1. The Bertz CT molecular complexity index is 410. The van der Waals surface area contributed by atoms with Gasteiger partial charge in [0.2, 0.25) is 0 Å². The van der Waals surface area contributed by atoms with Gasteiger partial charge in [-0.15, -0.1) is 0 Å². The predicted molar refractivity (Wildman–Crippen MR) is 78.0 cm³/mol. The number of fused-ring (bicyclic) bond motifs is 2. The largest absolute Gasteiger partial charge is 0.468 e. The van der Waals surface area contributed by atoms with Crippen molar-refractivity contribution in [2.45, 2.75) is 62.3 Å². The Balaban J connectivity index is 1.52. The third-order valence-electron chi connectivity index (χ3n) is 5.46. The van der Waals surface area contributed by atoms with E-state index in [0.29, 0.717) is 24.2 Å². The molecule has 2 aliphatic heterocycles. The molecule has 5 nitrogen and oxygen atoms in total. The highest BCUT2D eigenvalue weighted by atomic mass is 16.5. The summed E-state index contributed by atoms with van der Waals surface area (Å²) in [4.78, 5) is 15.0. The van der Waals surface area contributed by atoms with Crippen LogP contribution in [0.2, 0.25) is 0 Å². The average Bonchev–Trinajstić information content (AvgIpc) is 3.37. The first-order valence-electron chi connectivity index (χ1n) is 8.43. The van der Waals surface area contributed by atoms with Gasteiger partial charge in [-0.2, -0.15) is 0 Å². The zero-order chi connectivity index (χ0) is 14.4. The van der Waals surface area contributed by atoms with Crippen molar-refractivity contribution >= 4 is 5.97 Å². The molecule has 2 heterocycles. The Kier molecular flexibility index (Phi) is 3.47. The van der Waals surface area contributed by atoms with Crippen molar-refractivity contribution < 1.29 is 14.3 Å². The number of hydrogen-bond acceptors (Lipinski definition) is 5. The molecule has 3 atom stereocenters. The molecule has 2 bridgehead atoms. The van der Waals surface area contributed by atoms with E-state index in [2.05, 4.69) is 10.2 Å². The summed E-state index contributed by atoms with van der Waals surface area (Å²) in [6.45, 7) is 2.72. The van der Waals surface area contributed by atoms with E-state index in [1.807, 2.05) is 0 Å². The Morgan fingerprint density at radius 3 is 2.38 bits per heavy atom. The van der Waals surface area contributed by atoms with E-state index in [1.54, 1.807) is 0 Å². The second-order valence-corrected chi connectivity index (χ2v) is 7.31. The number of hydrogen-bond donors (Lipinski definition) is 1. The number of carbonyl (C=O) groups excluding carboxylic acids is 1. The van der Waals surface area contributed by atoms with E-state index in [1.165, 1.54) is 32.8 Å². The molecule has 4 fully saturated rings. The van der Waals surface area contributed by atoms with Crippen molar-refractivity contribution in [2.24, 2.45) is 5.92 Å². The molecule has 2 saturated carbocycles. The number of ether oxygens (including phenoxy) is 2. The van der Waals surface area contributed by atoms with Crippen molar-refractivity contribution in [1.29, 1.82) is 0 Å². The minimum Gasteiger partial charge on any atom is -0.468 e. The van der Waals surface area contributed by atoms with Crippen molar-refractivity contribution in [3.63, 3.8) is 0 Å². The minimum atomic E-state index is -0.479. The molecule has 4 aliphatic rings. The third kappa shape index (κ3) is 2.71. The summed E-state index contributed by atoms with van der Waals surface area (Å²) < 4.78 is 11.1. The maximum absolute atomic E-state index is 12.6. The van der Waals surface area contributed by atoms with E-state index >= 15 is 0 Å². The van der Waals surface area contributed by atoms with Crippen molar-refractivity contribution in [1.82, 2.24) is 10.2 Å². The van der Waals surface area contributed by atoms with Gasteiger partial charge in [0.1, 0.15) is 5.54 Å². The fourth-order valence-electron chi connectivity index (χ4n) is 4.11. The lowest BCUT2D eigenvalue weighted by molar-refractivity contribution is -0.152. The molecule has 1 N–H and O–H groups in total. The smallest absolute Gasteiger partial charge is 0.327 e. The Morgan fingerprint density at radius 2 is 1.86 bits per heavy atom. The Hall–Kier alpha value is -0.650. The van der Waals surface area contributed by atoms with Crippen LogP contribution in [0.25, 0.3) is 0 Å². The Labute approximate surface area is 126 Å². The first kappa shape index (κ1) is 14.0. The molecule has 2 aliphatic carbocycles. The van der Waals surface area contributed by atoms with Crippen LogP contribution in [0.1, 0.15) is 38.5 Å². The van der Waals surface area contributed by atoms with E-state index in [-0.39, 0.29) is 5.97 Å². The van der Waals surface area contributed by atoms with Crippen LogP contribution in [-0.4, -0.2) is 61.4 Å². The van der Waals surface area contributed by atoms with Gasteiger partial charge in [0, 0.05) is 25.7 Å². The topological polar surface area (TPSA) is 50.8 Å². The normalized spacial score (nSPS) is 35.5. The van der Waals surface area contributed by atoms with Gasteiger partial charge >= 0.3 is 5.97 Å². The third-order valence-corrected chi connectivity index (χ3v) is 5.46. The summed E-state index contributed by atoms with van der Waals surface area (Å²) in [6.07, 6.45) is 7.77. The molecule has 0 spiro atoms. The van der Waals surface area contributed by atoms with Crippen LogP contribution in [0.5, 0.6) is 0 Å². The first-order valence-corrected chi connectivity index (χ1v) is 8.43. The monoisotopic (exact) mass is 294 g/mol. The molecule has 0 amide bonds. The van der Waals surface area contributed by atoms with Crippen LogP contribution >= 0.6 is 0 Å². The molecule has 0 aromatic carbocycles. The number of carbonyl (C=O) groups is 1. The van der Waals surface area contributed by atoms with Crippen LogP contribution < -0.4 is 5.32 Å². The van der Waals surface area contributed by atoms with Gasteiger partial charge in [0.25, 0.3) is 0 Å². The highest BCUT2D eigenvalue weighted by Crippen LogP contribution is 2.43. The molecule has 5 heteroatoms. The summed E-state index contributed by atoms with van der Waals surface area (Å²) in [5, 5.41) is 3.66. The second-order valence-electron chi connectivity index (χ2n) is 7.31. The van der Waals surface area contributed by atoms with E-state index in [4.69, 9.17) is 9.47 Å². The van der Waals surface area contributed by atoms with E-state index in [0.717, 1.165) is 32.5 Å². The van der Waals surface area contributed by atoms with Gasteiger partial charge in [-0.05, 0) is 44.4 Å². The molecule has 3 unspecified atom stereocenters. The molecule has 0 radical (unpaired) electrons. The standard InChI is InChI=1S/C16H26N2O3/c1-20-15(19)16(11-2-3-11,17-12-4-5-12)10-18-8-13-6-7-14(9-18)21-13/h11-14,17H,2-10H2,1H3. The molecular formula is C16H26N2O3. The fourth-order valence-corrected chi connectivity index (χ4v) is 4.11. The quantitative estimate of drug-likeness (QED) is 0.738. The number of likely N-dealkylation sites (tertiary alicyclic amines) is 1. The van der Waals surface area contributed by atoms with Gasteiger partial charge < -0.3 is 9.47 Å². The van der Waals surface area contributed by atoms with Crippen molar-refractivity contribution in [2.75, 3.05) is 26.7 Å². The van der Waals surface area contributed by atoms with Crippen LogP contribution in [-0.2, 0) is 14.3 Å². The lowest BCUT2D eigenvalue weighted by Crippen LogP contribution is -2.63. The molecule has 4 rings (SSSR count). The van der Waals surface area contributed by atoms with Crippen LogP contribution in [0.15, 0.2) is 0 Å². The van der Waals surface area contributed by atoms with Crippen LogP contribution in [0, 0.1) is 5.92 Å². The lowest BCUT2D eigenvalue weighted by Gasteiger charge is -2.40. The van der Waals surface area contributed by atoms with Gasteiger partial charge in [-0.25, -0.2) is 4.79 Å². The minimum absolute atomic E-state index is 0.0595. The summed E-state index contributed by atoms with van der Waals surface area (Å²) >= 11 is 0. The molecular weight excluding hydrogens is 268 g/mol. The number of morpholine rings is 1. The zero-order valence-electron chi connectivity index (χ0n) is 12.8. The fraction of sp³-hybridized carbons (Fsp3) is 0.938. The molecule has 118 valence electrons. The predicted octanol–water partition coefficient (Wildman–Crippen LogP) is 0.923. The van der Waals surface area contributed by atoms with Crippen LogP contribution in [0.3, 0.4) is 0 Å². The molecule has 0 aromatic rings. The Morgan fingerprint density at radius 1 is 1.19 bits per heavy atom. The maximum atomic E-state index is 12.6. The number of methoxy groups -OCH3 is 1. The van der Waals surface area contributed by atoms with Gasteiger partial charge in [0.05, 0.1) is 19.3 Å². The molecule has 0 aromatic heterocycles. The average molecular weight is 294 g/mol. The number of esters is 1. The summed E-state index contributed by atoms with van der Waals surface area (Å²) in [5.41, 5.74) is -0.479. The number of nitrogens with zero attached hydrogens (tertiary/aromatic N) is 1. The summed E-state index contributed by atoms with van der Waals surface area (Å²) in [7, 11) is 1.52. The van der Waals surface area contributed by atoms with Crippen LogP contribution in [0.4, 0.5) is 0 Å². The summed E-state index contributed by atoms with van der Waals surface area (Å²) in [5.74, 6) is 0.391. The molecule has 21 heavy (non-hydrogen) atoms. The molecule has 2 saturated heterocycles. The highest BCUT2D eigenvalue weighted by Gasteiger charge is 2.55. The maximum Gasteiger partial charge on any atom is 0.327 e. The number of nitrogens with one attached hydrogen (secondary N) is 1. The highest BCUT2D eigenvalue weighted by molar-refractivity contribution is 5.82. The number of rotatable bonds is 6. The van der Waals surface area contributed by atoms with Crippen molar-refractivity contribution in [3.05, 3.63) is 0 Å². The van der Waals surface area contributed by atoms with E-state index in [9.17, 15) is 4.79 Å².